The molecule has 1 saturated heterocycles. The lowest BCUT2D eigenvalue weighted by Crippen LogP contribution is -2.44. The molecule has 176 valence electrons. The molecule has 0 radical (unpaired) electrons. The molecular weight excluding hydrogens is 648 g/mol. The minimum Gasteiger partial charge on any atom is -0.506 e. The first-order valence-electron chi connectivity index (χ1n) is 11.3. The number of phenolic OH excluding ortho intramolecular Hbond substituents is 1. The van der Waals surface area contributed by atoms with Gasteiger partial charge < -0.3 is 19.9 Å². The van der Waals surface area contributed by atoms with Gasteiger partial charge in [0.25, 0.3) is 0 Å². The third-order valence-corrected chi connectivity index (χ3v) is 7.98. The number of phenols is 1. The average Bonchev–Trinajstić information content (AvgIpc) is 2.83. The van der Waals surface area contributed by atoms with E-state index >= 15 is 0 Å². The second kappa shape index (κ2) is 10.9. The smallest absolute Gasteiger partial charge is 0.342 e. The van der Waals surface area contributed by atoms with E-state index in [0.717, 1.165) is 35.1 Å². The molecular formula is C25H27I2NO5. The third-order valence-electron chi connectivity index (χ3n) is 6.54. The van der Waals surface area contributed by atoms with Crippen LogP contribution in [0.2, 0.25) is 0 Å². The predicted octanol–water partition coefficient (Wildman–Crippen LogP) is 5.14. The molecule has 0 bridgehead atoms. The quantitative estimate of drug-likeness (QED) is 0.338. The first-order chi connectivity index (χ1) is 15.9. The van der Waals surface area contributed by atoms with Crippen molar-refractivity contribution >= 4 is 57.1 Å². The van der Waals surface area contributed by atoms with Crippen molar-refractivity contribution in [3.8, 4) is 5.75 Å². The van der Waals surface area contributed by atoms with Gasteiger partial charge in [-0.15, -0.1) is 0 Å². The Morgan fingerprint density at radius 2 is 1.67 bits per heavy atom. The molecule has 33 heavy (non-hydrogen) atoms. The fraction of sp³-hybridized carbons (Fsp3) is 0.440. The lowest BCUT2D eigenvalue weighted by Gasteiger charge is -2.39. The molecule has 4 rings (SSSR count). The van der Waals surface area contributed by atoms with E-state index in [1.807, 2.05) is 52.9 Å². The summed E-state index contributed by atoms with van der Waals surface area (Å²) in [6.07, 6.45) is 3.70. The highest BCUT2D eigenvalue weighted by molar-refractivity contribution is 14.1. The monoisotopic (exact) mass is 675 g/mol. The van der Waals surface area contributed by atoms with Crippen molar-refractivity contribution in [2.24, 2.45) is 5.92 Å². The van der Waals surface area contributed by atoms with Crippen LogP contribution < -0.4 is 5.32 Å². The molecule has 1 aliphatic carbocycles. The normalized spacial score (nSPS) is 22.4. The number of halogens is 2. The van der Waals surface area contributed by atoms with Crippen molar-refractivity contribution in [1.82, 2.24) is 5.32 Å². The number of piperidine rings is 1. The predicted molar refractivity (Wildman–Crippen MR) is 141 cm³/mol. The molecule has 2 fully saturated rings. The van der Waals surface area contributed by atoms with Gasteiger partial charge in [0, 0.05) is 16.4 Å². The van der Waals surface area contributed by atoms with E-state index in [9.17, 15) is 14.7 Å². The molecule has 0 unspecified atom stereocenters. The van der Waals surface area contributed by atoms with Crippen LogP contribution in [0.4, 0.5) is 0 Å². The first-order valence-corrected chi connectivity index (χ1v) is 13.4. The Morgan fingerprint density at radius 3 is 2.33 bits per heavy atom. The number of ether oxygens (including phenoxy) is 2. The molecule has 0 spiro atoms. The second-order valence-electron chi connectivity index (χ2n) is 8.69. The van der Waals surface area contributed by atoms with Crippen LogP contribution >= 0.6 is 45.2 Å². The molecule has 8 heteroatoms. The minimum atomic E-state index is -0.577. The number of carbonyl (C=O) groups excluding carboxylic acids is 2. The summed E-state index contributed by atoms with van der Waals surface area (Å²) in [5.74, 6) is -0.919. The van der Waals surface area contributed by atoms with E-state index in [1.165, 1.54) is 0 Å². The number of carbonyl (C=O) groups is 2. The molecule has 2 aromatic rings. The highest BCUT2D eigenvalue weighted by Gasteiger charge is 2.40. The molecule has 0 atom stereocenters. The summed E-state index contributed by atoms with van der Waals surface area (Å²) in [5.41, 5.74) is 0.657. The Hall–Kier alpha value is -1.40. The molecule has 2 aliphatic rings. The van der Waals surface area contributed by atoms with E-state index in [4.69, 9.17) is 9.47 Å². The fourth-order valence-corrected chi connectivity index (χ4v) is 6.50. The lowest BCUT2D eigenvalue weighted by atomic mass is 9.83. The SMILES string of the molecule is O=C(OC1CCC(C(=O)OC2(c3ccccc3)CCNCC2)CC1)c1cc(I)cc(I)c1O. The maximum atomic E-state index is 13.1. The van der Waals surface area contributed by atoms with Crippen molar-refractivity contribution in [2.45, 2.75) is 50.2 Å². The summed E-state index contributed by atoms with van der Waals surface area (Å²) in [5, 5.41) is 13.6. The van der Waals surface area contributed by atoms with Crippen LogP contribution in [0.3, 0.4) is 0 Å². The Labute approximate surface area is 221 Å². The molecule has 6 nitrogen and oxygen atoms in total. The summed E-state index contributed by atoms with van der Waals surface area (Å²) in [6, 6.07) is 13.4. The van der Waals surface area contributed by atoms with Gasteiger partial charge in [-0.3, -0.25) is 4.79 Å². The van der Waals surface area contributed by atoms with Gasteiger partial charge in [0.1, 0.15) is 23.0 Å². The van der Waals surface area contributed by atoms with Crippen molar-refractivity contribution in [2.75, 3.05) is 13.1 Å². The number of hydrogen-bond donors (Lipinski definition) is 2. The van der Waals surface area contributed by atoms with Gasteiger partial charge in [0.05, 0.1) is 9.49 Å². The van der Waals surface area contributed by atoms with Crippen LogP contribution in [0.5, 0.6) is 5.75 Å². The zero-order chi connectivity index (χ0) is 23.4. The largest absolute Gasteiger partial charge is 0.506 e. The van der Waals surface area contributed by atoms with Gasteiger partial charge in [0.2, 0.25) is 0 Å². The molecule has 0 aromatic heterocycles. The number of hydrogen-bond acceptors (Lipinski definition) is 6. The van der Waals surface area contributed by atoms with Crippen molar-refractivity contribution in [3.63, 3.8) is 0 Å². The van der Waals surface area contributed by atoms with Gasteiger partial charge in [-0.05, 0) is 102 Å². The van der Waals surface area contributed by atoms with Gasteiger partial charge in [-0.25, -0.2) is 4.79 Å². The Balaban J connectivity index is 1.36. The van der Waals surface area contributed by atoms with Gasteiger partial charge in [-0.1, -0.05) is 30.3 Å². The fourth-order valence-electron chi connectivity index (χ4n) is 4.65. The van der Waals surface area contributed by atoms with Crippen LogP contribution in [0.15, 0.2) is 42.5 Å². The molecule has 2 aromatic carbocycles. The van der Waals surface area contributed by atoms with Crippen LogP contribution in [-0.2, 0) is 19.9 Å². The maximum absolute atomic E-state index is 13.1. The van der Waals surface area contributed by atoms with E-state index in [2.05, 4.69) is 27.9 Å². The third kappa shape index (κ3) is 5.82. The highest BCUT2D eigenvalue weighted by Crippen LogP contribution is 2.38. The van der Waals surface area contributed by atoms with Crippen LogP contribution in [0.1, 0.15) is 54.4 Å². The number of nitrogens with one attached hydrogen (secondary N) is 1. The van der Waals surface area contributed by atoms with E-state index in [-0.39, 0.29) is 29.3 Å². The summed E-state index contributed by atoms with van der Waals surface area (Å²) >= 11 is 4.11. The standard InChI is InChI=1S/C25H27I2NO5/c26-18-14-20(22(29)21(27)15-18)24(31)32-19-8-6-16(7-9-19)23(30)33-25(10-12-28-13-11-25)17-4-2-1-3-5-17/h1-5,14-16,19,28-29H,6-13H2. The van der Waals surface area contributed by atoms with Crippen molar-refractivity contribution in [1.29, 1.82) is 0 Å². The summed E-state index contributed by atoms with van der Waals surface area (Å²) < 4.78 is 13.4. The molecule has 1 aliphatic heterocycles. The molecule has 1 heterocycles. The van der Waals surface area contributed by atoms with Crippen molar-refractivity contribution in [3.05, 3.63) is 60.7 Å². The number of benzene rings is 2. The molecule has 0 amide bonds. The van der Waals surface area contributed by atoms with E-state index < -0.39 is 11.6 Å². The Kier molecular flexibility index (Phi) is 8.16. The topological polar surface area (TPSA) is 84.9 Å². The molecule has 1 saturated carbocycles. The lowest BCUT2D eigenvalue weighted by molar-refractivity contribution is -0.171. The van der Waals surface area contributed by atoms with Crippen LogP contribution in [0.25, 0.3) is 0 Å². The Morgan fingerprint density at radius 1 is 1.00 bits per heavy atom. The minimum absolute atomic E-state index is 0.0496. The first kappa shape index (κ1) is 24.7. The van der Waals surface area contributed by atoms with Crippen molar-refractivity contribution < 1.29 is 24.2 Å². The van der Waals surface area contributed by atoms with Crippen LogP contribution in [-0.4, -0.2) is 36.2 Å². The second-order valence-corrected chi connectivity index (χ2v) is 11.1. The zero-order valence-electron chi connectivity index (χ0n) is 18.2. The van der Waals surface area contributed by atoms with E-state index in [1.54, 1.807) is 12.1 Å². The van der Waals surface area contributed by atoms with E-state index in [0.29, 0.717) is 29.3 Å². The highest BCUT2D eigenvalue weighted by atomic mass is 127. The van der Waals surface area contributed by atoms with Gasteiger partial charge in [0.15, 0.2) is 0 Å². The maximum Gasteiger partial charge on any atom is 0.342 e. The number of esters is 2. The van der Waals surface area contributed by atoms with Crippen LogP contribution in [0, 0.1) is 13.1 Å². The number of aromatic hydroxyl groups is 1. The summed E-state index contributed by atoms with van der Waals surface area (Å²) in [4.78, 5) is 25.8. The zero-order valence-corrected chi connectivity index (χ0v) is 22.5. The summed E-state index contributed by atoms with van der Waals surface area (Å²) in [7, 11) is 0. The summed E-state index contributed by atoms with van der Waals surface area (Å²) in [6.45, 7) is 1.63. The van der Waals surface area contributed by atoms with Gasteiger partial charge >= 0.3 is 11.9 Å². The Bertz CT molecular complexity index is 999. The van der Waals surface area contributed by atoms with Gasteiger partial charge in [-0.2, -0.15) is 0 Å². The molecule has 2 N–H and O–H groups in total. The number of rotatable bonds is 5. The average molecular weight is 675 g/mol.